The Labute approximate surface area is 180 Å². The van der Waals surface area contributed by atoms with Gasteiger partial charge in [0.15, 0.2) is 12.4 Å². The maximum Gasteiger partial charge on any atom is 0.417 e. The molecule has 3 aromatic rings. The van der Waals surface area contributed by atoms with Gasteiger partial charge in [0, 0.05) is 17.3 Å². The minimum absolute atomic E-state index is 0.269. The van der Waals surface area contributed by atoms with Crippen LogP contribution in [0.15, 0.2) is 36.5 Å². The Bertz CT molecular complexity index is 1170. The molecule has 2 aromatic heterocycles. The lowest BCUT2D eigenvalue weighted by molar-refractivity contribution is -0.137. The van der Waals surface area contributed by atoms with Gasteiger partial charge in [-0.3, -0.25) is 9.78 Å². The smallest absolute Gasteiger partial charge is 0.417 e. The SMILES string of the molecule is CCc1nc2ccccc2c(C(=O)OCC(=O)Nc2ncc(C(F)(F)F)cc2Cl)c1C. The lowest BCUT2D eigenvalue weighted by Crippen LogP contribution is -2.22. The molecule has 0 fully saturated rings. The molecule has 0 unspecified atom stereocenters. The lowest BCUT2D eigenvalue weighted by atomic mass is 10.0. The van der Waals surface area contributed by atoms with Crippen LogP contribution in [-0.2, 0) is 22.1 Å². The zero-order chi connectivity index (χ0) is 22.8. The van der Waals surface area contributed by atoms with Crippen LogP contribution in [0, 0.1) is 6.92 Å². The number of fused-ring (bicyclic) bond motifs is 1. The van der Waals surface area contributed by atoms with Crippen molar-refractivity contribution >= 4 is 40.2 Å². The third-order valence-electron chi connectivity index (χ3n) is 4.54. The molecule has 6 nitrogen and oxygen atoms in total. The van der Waals surface area contributed by atoms with Crippen LogP contribution in [0.4, 0.5) is 19.0 Å². The van der Waals surface area contributed by atoms with Crippen LogP contribution in [-0.4, -0.2) is 28.5 Å². The van der Waals surface area contributed by atoms with Crippen molar-refractivity contribution in [2.45, 2.75) is 26.4 Å². The fourth-order valence-electron chi connectivity index (χ4n) is 3.02. The van der Waals surface area contributed by atoms with Crippen LogP contribution >= 0.6 is 11.6 Å². The van der Waals surface area contributed by atoms with Gasteiger partial charge in [-0.25, -0.2) is 9.78 Å². The average Bonchev–Trinajstić information content (AvgIpc) is 2.72. The number of rotatable bonds is 5. The third-order valence-corrected chi connectivity index (χ3v) is 4.82. The van der Waals surface area contributed by atoms with Gasteiger partial charge in [0.2, 0.25) is 0 Å². The number of ether oxygens (including phenoxy) is 1. The van der Waals surface area contributed by atoms with Gasteiger partial charge in [0.05, 0.1) is 21.7 Å². The Morgan fingerprint density at radius 2 is 1.94 bits per heavy atom. The summed E-state index contributed by atoms with van der Waals surface area (Å²) < 4.78 is 43.2. The normalized spacial score (nSPS) is 11.4. The summed E-state index contributed by atoms with van der Waals surface area (Å²) in [4.78, 5) is 32.9. The largest absolute Gasteiger partial charge is 0.452 e. The molecular formula is C21H17ClF3N3O3. The standard InChI is InChI=1S/C21H17ClF3N3O3/c1-3-15-11(2)18(13-6-4-5-7-16(13)27-15)20(30)31-10-17(29)28-19-14(22)8-12(9-26-19)21(23,24)25/h4-9H,3,10H2,1-2H3,(H,26,28,29). The molecule has 0 aliphatic rings. The van der Waals surface area contributed by atoms with E-state index in [2.05, 4.69) is 15.3 Å². The molecule has 3 rings (SSSR count). The maximum absolute atomic E-state index is 12.7. The first kappa shape index (κ1) is 22.5. The number of nitrogens with zero attached hydrogens (tertiary/aromatic N) is 2. The summed E-state index contributed by atoms with van der Waals surface area (Å²) in [7, 11) is 0. The zero-order valence-corrected chi connectivity index (χ0v) is 17.3. The fourth-order valence-corrected chi connectivity index (χ4v) is 3.24. The number of para-hydroxylation sites is 1. The van der Waals surface area contributed by atoms with Crippen molar-refractivity contribution in [1.29, 1.82) is 0 Å². The Morgan fingerprint density at radius 3 is 2.58 bits per heavy atom. The molecule has 2 heterocycles. The Hall–Kier alpha value is -3.20. The molecule has 0 bridgehead atoms. The van der Waals surface area contributed by atoms with E-state index in [0.29, 0.717) is 40.7 Å². The van der Waals surface area contributed by atoms with E-state index in [-0.39, 0.29) is 5.82 Å². The second kappa shape index (κ2) is 8.89. The predicted molar refractivity (Wildman–Crippen MR) is 109 cm³/mol. The van der Waals surface area contributed by atoms with Crippen LogP contribution in [0.2, 0.25) is 5.02 Å². The molecule has 1 aromatic carbocycles. The van der Waals surface area contributed by atoms with E-state index in [1.165, 1.54) is 0 Å². The number of pyridine rings is 2. The third kappa shape index (κ3) is 4.93. The maximum atomic E-state index is 12.7. The quantitative estimate of drug-likeness (QED) is 0.554. The van der Waals surface area contributed by atoms with Crippen molar-refractivity contribution in [1.82, 2.24) is 9.97 Å². The van der Waals surface area contributed by atoms with E-state index >= 15 is 0 Å². The molecule has 162 valence electrons. The fraction of sp³-hybridized carbons (Fsp3) is 0.238. The van der Waals surface area contributed by atoms with E-state index in [9.17, 15) is 22.8 Å². The minimum atomic E-state index is -4.61. The molecule has 0 spiro atoms. The highest BCUT2D eigenvalue weighted by Gasteiger charge is 2.31. The summed E-state index contributed by atoms with van der Waals surface area (Å²) in [6.07, 6.45) is -3.46. The highest BCUT2D eigenvalue weighted by atomic mass is 35.5. The van der Waals surface area contributed by atoms with Crippen molar-refractivity contribution in [3.8, 4) is 0 Å². The van der Waals surface area contributed by atoms with Crippen molar-refractivity contribution in [2.75, 3.05) is 11.9 Å². The lowest BCUT2D eigenvalue weighted by Gasteiger charge is -2.13. The van der Waals surface area contributed by atoms with Crippen LogP contribution in [0.25, 0.3) is 10.9 Å². The molecule has 0 atom stereocenters. The second-order valence-corrected chi connectivity index (χ2v) is 7.01. The minimum Gasteiger partial charge on any atom is -0.452 e. The number of alkyl halides is 3. The first-order chi connectivity index (χ1) is 14.6. The highest BCUT2D eigenvalue weighted by Crippen LogP contribution is 2.32. The number of anilines is 1. The number of aryl methyl sites for hydroxylation is 1. The second-order valence-electron chi connectivity index (χ2n) is 6.61. The summed E-state index contributed by atoms with van der Waals surface area (Å²) in [5.41, 5.74) is 1.27. The number of amides is 1. The van der Waals surface area contributed by atoms with E-state index < -0.39 is 35.2 Å². The van der Waals surface area contributed by atoms with Gasteiger partial charge in [0.25, 0.3) is 5.91 Å². The van der Waals surface area contributed by atoms with Gasteiger partial charge in [-0.05, 0) is 31.0 Å². The molecule has 0 aliphatic carbocycles. The van der Waals surface area contributed by atoms with Crippen LogP contribution < -0.4 is 5.32 Å². The molecule has 31 heavy (non-hydrogen) atoms. The molecule has 0 saturated heterocycles. The number of benzene rings is 1. The van der Waals surface area contributed by atoms with Crippen LogP contribution in [0.3, 0.4) is 0 Å². The van der Waals surface area contributed by atoms with Gasteiger partial charge in [-0.15, -0.1) is 0 Å². The van der Waals surface area contributed by atoms with E-state index in [0.717, 1.165) is 5.69 Å². The molecule has 1 amide bonds. The number of hydrogen-bond acceptors (Lipinski definition) is 5. The molecule has 0 saturated carbocycles. The number of hydrogen-bond donors (Lipinski definition) is 1. The van der Waals surface area contributed by atoms with Crippen LogP contribution in [0.5, 0.6) is 0 Å². The molecule has 1 N–H and O–H groups in total. The number of nitrogens with one attached hydrogen (secondary N) is 1. The molecule has 0 radical (unpaired) electrons. The van der Waals surface area contributed by atoms with Crippen LogP contribution in [0.1, 0.15) is 34.1 Å². The molecule has 10 heteroatoms. The zero-order valence-electron chi connectivity index (χ0n) is 16.5. The molecular weight excluding hydrogens is 435 g/mol. The number of carbonyl (C=O) groups is 2. The Kier molecular flexibility index (Phi) is 6.45. The Balaban J connectivity index is 1.75. The van der Waals surface area contributed by atoms with Gasteiger partial charge < -0.3 is 10.1 Å². The first-order valence-corrected chi connectivity index (χ1v) is 9.57. The predicted octanol–water partition coefficient (Wildman–Crippen LogP) is 4.97. The summed E-state index contributed by atoms with van der Waals surface area (Å²) in [6, 6.07) is 7.71. The van der Waals surface area contributed by atoms with Gasteiger partial charge in [-0.2, -0.15) is 13.2 Å². The van der Waals surface area contributed by atoms with Gasteiger partial charge in [-0.1, -0.05) is 36.7 Å². The topological polar surface area (TPSA) is 81.2 Å². The van der Waals surface area contributed by atoms with Crippen molar-refractivity contribution in [3.63, 3.8) is 0 Å². The Morgan fingerprint density at radius 1 is 1.23 bits per heavy atom. The first-order valence-electron chi connectivity index (χ1n) is 9.19. The summed E-state index contributed by atoms with van der Waals surface area (Å²) in [6.45, 7) is 2.99. The highest BCUT2D eigenvalue weighted by molar-refractivity contribution is 6.33. The summed E-state index contributed by atoms with van der Waals surface area (Å²) in [5.74, 6) is -1.78. The monoisotopic (exact) mass is 451 g/mol. The number of carbonyl (C=O) groups excluding carboxylic acids is 2. The van der Waals surface area contributed by atoms with Crippen molar-refractivity contribution in [3.05, 3.63) is 63.9 Å². The van der Waals surface area contributed by atoms with Crippen molar-refractivity contribution < 1.29 is 27.5 Å². The van der Waals surface area contributed by atoms with E-state index in [4.69, 9.17) is 16.3 Å². The van der Waals surface area contributed by atoms with E-state index in [1.54, 1.807) is 31.2 Å². The number of halogens is 4. The van der Waals surface area contributed by atoms with Gasteiger partial charge >= 0.3 is 12.1 Å². The number of aromatic nitrogens is 2. The summed E-state index contributed by atoms with van der Waals surface area (Å²) in [5, 5.41) is 2.43. The average molecular weight is 452 g/mol. The van der Waals surface area contributed by atoms with Crippen molar-refractivity contribution in [2.24, 2.45) is 0 Å². The van der Waals surface area contributed by atoms with E-state index in [1.807, 2.05) is 6.92 Å². The molecule has 0 aliphatic heterocycles. The summed E-state index contributed by atoms with van der Waals surface area (Å²) >= 11 is 5.77. The van der Waals surface area contributed by atoms with Gasteiger partial charge in [0.1, 0.15) is 0 Å². The number of esters is 1.